The molecule has 0 aliphatic heterocycles. The number of amides is 1. The molecule has 0 aliphatic rings. The van der Waals surface area contributed by atoms with Crippen molar-refractivity contribution in [3.63, 3.8) is 0 Å². The van der Waals surface area contributed by atoms with Crippen LogP contribution in [0.5, 0.6) is 0 Å². The van der Waals surface area contributed by atoms with Gasteiger partial charge in [-0.2, -0.15) is 5.10 Å². The molecule has 1 N–H and O–H groups in total. The Labute approximate surface area is 119 Å². The van der Waals surface area contributed by atoms with E-state index in [0.29, 0.717) is 5.56 Å². The molecule has 1 heterocycles. The number of aromatic nitrogens is 1. The smallest absolute Gasteiger partial charge is 0.267 e. The van der Waals surface area contributed by atoms with Crippen LogP contribution in [-0.2, 0) is 0 Å². The highest BCUT2D eigenvalue weighted by Crippen LogP contribution is 2.16. The summed E-state index contributed by atoms with van der Waals surface area (Å²) in [4.78, 5) is 15.5. The number of carbonyl (C=O) groups excluding carboxylic acids is 1. The van der Waals surface area contributed by atoms with Crippen molar-refractivity contribution in [1.82, 2.24) is 10.4 Å². The number of hydrazone groups is 1. The Morgan fingerprint density at radius 3 is 2.74 bits per heavy atom. The molecule has 19 heavy (non-hydrogen) atoms. The second-order valence-electron chi connectivity index (χ2n) is 3.94. The van der Waals surface area contributed by atoms with Crippen LogP contribution in [0.15, 0.2) is 52.3 Å². The van der Waals surface area contributed by atoms with E-state index in [1.165, 1.54) is 0 Å². The van der Waals surface area contributed by atoms with Crippen LogP contribution < -0.4 is 5.43 Å². The lowest BCUT2D eigenvalue weighted by Gasteiger charge is -2.00. The molecule has 0 bridgehead atoms. The molecule has 0 unspecified atom stereocenters. The molecule has 0 fully saturated rings. The first-order valence-corrected chi connectivity index (χ1v) is 6.46. The molecule has 0 atom stereocenters. The second-order valence-corrected chi connectivity index (χ2v) is 4.80. The molecular weight excluding hydrogens is 306 g/mol. The Hall–Kier alpha value is -2.01. The molecule has 0 saturated carbocycles. The van der Waals surface area contributed by atoms with Gasteiger partial charge in [0.1, 0.15) is 0 Å². The molecule has 0 spiro atoms. The van der Waals surface area contributed by atoms with Crippen molar-refractivity contribution in [2.24, 2.45) is 5.10 Å². The van der Waals surface area contributed by atoms with Gasteiger partial charge < -0.3 is 0 Å². The lowest BCUT2D eigenvalue weighted by Crippen LogP contribution is -2.17. The summed E-state index contributed by atoms with van der Waals surface area (Å²) in [6.45, 7) is 2.01. The SMILES string of the molecule is Cc1ccc(/C=N/NC(=O)c2ccncc2)cc1Br. The van der Waals surface area contributed by atoms with Crippen LogP contribution in [0.4, 0.5) is 0 Å². The lowest BCUT2D eigenvalue weighted by atomic mass is 10.2. The fourth-order valence-corrected chi connectivity index (χ4v) is 1.82. The summed E-state index contributed by atoms with van der Waals surface area (Å²) in [5.74, 6) is -0.259. The van der Waals surface area contributed by atoms with Crippen LogP contribution in [0.25, 0.3) is 0 Å². The zero-order valence-electron chi connectivity index (χ0n) is 10.3. The van der Waals surface area contributed by atoms with E-state index in [0.717, 1.165) is 15.6 Å². The first-order chi connectivity index (χ1) is 9.16. The molecule has 2 rings (SSSR count). The van der Waals surface area contributed by atoms with Crippen molar-refractivity contribution in [2.45, 2.75) is 6.92 Å². The zero-order valence-corrected chi connectivity index (χ0v) is 11.9. The predicted octanol–water partition coefficient (Wildman–Crippen LogP) is 2.92. The minimum absolute atomic E-state index is 0.259. The van der Waals surface area contributed by atoms with E-state index in [1.807, 2.05) is 25.1 Å². The summed E-state index contributed by atoms with van der Waals surface area (Å²) in [6.07, 6.45) is 4.73. The summed E-state index contributed by atoms with van der Waals surface area (Å²) in [7, 11) is 0. The molecular formula is C14H12BrN3O. The molecule has 0 radical (unpaired) electrons. The number of nitrogens with zero attached hydrogens (tertiary/aromatic N) is 2. The van der Waals surface area contributed by atoms with Gasteiger partial charge in [0.15, 0.2) is 0 Å². The van der Waals surface area contributed by atoms with Gasteiger partial charge in [0, 0.05) is 22.4 Å². The van der Waals surface area contributed by atoms with E-state index < -0.39 is 0 Å². The normalized spacial score (nSPS) is 10.6. The average Bonchev–Trinajstić information content (AvgIpc) is 2.43. The second kappa shape index (κ2) is 6.24. The van der Waals surface area contributed by atoms with Crippen LogP contribution in [0, 0.1) is 6.92 Å². The summed E-state index contributed by atoms with van der Waals surface area (Å²) >= 11 is 3.45. The van der Waals surface area contributed by atoms with Gasteiger partial charge in [-0.3, -0.25) is 9.78 Å². The van der Waals surface area contributed by atoms with Gasteiger partial charge in [-0.1, -0.05) is 28.1 Å². The van der Waals surface area contributed by atoms with Gasteiger partial charge in [0.2, 0.25) is 0 Å². The molecule has 5 heteroatoms. The van der Waals surface area contributed by atoms with Gasteiger partial charge in [-0.05, 0) is 36.2 Å². The Morgan fingerprint density at radius 1 is 1.32 bits per heavy atom. The van der Waals surface area contributed by atoms with Crippen LogP contribution in [0.1, 0.15) is 21.5 Å². The number of carbonyl (C=O) groups is 1. The summed E-state index contributed by atoms with van der Waals surface area (Å²) in [5.41, 5.74) is 5.05. The molecule has 0 aliphatic carbocycles. The van der Waals surface area contributed by atoms with Gasteiger partial charge in [-0.15, -0.1) is 0 Å². The molecule has 96 valence electrons. The maximum absolute atomic E-state index is 11.7. The Morgan fingerprint density at radius 2 is 2.05 bits per heavy atom. The van der Waals surface area contributed by atoms with Crippen LogP contribution in [0.3, 0.4) is 0 Å². The third-order valence-electron chi connectivity index (χ3n) is 2.52. The van der Waals surface area contributed by atoms with E-state index in [1.54, 1.807) is 30.7 Å². The quantitative estimate of drug-likeness (QED) is 0.699. The fraction of sp³-hybridized carbons (Fsp3) is 0.0714. The van der Waals surface area contributed by atoms with Gasteiger partial charge in [0.25, 0.3) is 5.91 Å². The standard InChI is InChI=1S/C14H12BrN3O/c1-10-2-3-11(8-13(10)15)9-17-18-14(19)12-4-6-16-7-5-12/h2-9H,1H3,(H,18,19)/b17-9+. The fourth-order valence-electron chi connectivity index (χ4n) is 1.42. The van der Waals surface area contributed by atoms with Crippen molar-refractivity contribution in [1.29, 1.82) is 0 Å². The summed E-state index contributed by atoms with van der Waals surface area (Å²) in [5, 5.41) is 3.92. The number of rotatable bonds is 3. The van der Waals surface area contributed by atoms with Crippen molar-refractivity contribution in [3.8, 4) is 0 Å². The molecule has 1 aromatic heterocycles. The van der Waals surface area contributed by atoms with Gasteiger partial charge in [0.05, 0.1) is 6.21 Å². The average molecular weight is 318 g/mol. The number of nitrogens with one attached hydrogen (secondary N) is 1. The maximum Gasteiger partial charge on any atom is 0.271 e. The van der Waals surface area contributed by atoms with Crippen molar-refractivity contribution in [2.75, 3.05) is 0 Å². The topological polar surface area (TPSA) is 54.4 Å². The first kappa shape index (κ1) is 13.4. The molecule has 1 amide bonds. The lowest BCUT2D eigenvalue weighted by molar-refractivity contribution is 0.0955. The Bertz CT molecular complexity index is 611. The van der Waals surface area contributed by atoms with Crippen molar-refractivity contribution < 1.29 is 4.79 Å². The number of pyridine rings is 1. The van der Waals surface area contributed by atoms with Crippen molar-refractivity contribution in [3.05, 3.63) is 63.9 Å². The highest BCUT2D eigenvalue weighted by atomic mass is 79.9. The number of aryl methyl sites for hydroxylation is 1. The Kier molecular flexibility index (Phi) is 4.41. The molecule has 4 nitrogen and oxygen atoms in total. The van der Waals surface area contributed by atoms with E-state index in [9.17, 15) is 4.79 Å². The van der Waals surface area contributed by atoms with Gasteiger partial charge in [-0.25, -0.2) is 5.43 Å². The predicted molar refractivity (Wildman–Crippen MR) is 78.2 cm³/mol. The van der Waals surface area contributed by atoms with E-state index in [2.05, 4.69) is 31.4 Å². The highest BCUT2D eigenvalue weighted by molar-refractivity contribution is 9.10. The molecule has 0 saturated heterocycles. The first-order valence-electron chi connectivity index (χ1n) is 5.66. The summed E-state index contributed by atoms with van der Waals surface area (Å²) < 4.78 is 1.01. The highest BCUT2D eigenvalue weighted by Gasteiger charge is 2.02. The maximum atomic E-state index is 11.7. The monoisotopic (exact) mass is 317 g/mol. The molecule has 1 aromatic carbocycles. The minimum atomic E-state index is -0.259. The number of benzene rings is 1. The molecule has 2 aromatic rings. The van der Waals surface area contributed by atoms with Crippen LogP contribution in [0.2, 0.25) is 0 Å². The minimum Gasteiger partial charge on any atom is -0.267 e. The van der Waals surface area contributed by atoms with Crippen LogP contribution in [-0.4, -0.2) is 17.1 Å². The van der Waals surface area contributed by atoms with E-state index >= 15 is 0 Å². The Balaban J connectivity index is 2.00. The third-order valence-corrected chi connectivity index (χ3v) is 3.37. The number of hydrogen-bond acceptors (Lipinski definition) is 3. The third kappa shape index (κ3) is 3.72. The van der Waals surface area contributed by atoms with Crippen molar-refractivity contribution >= 4 is 28.1 Å². The van der Waals surface area contributed by atoms with E-state index in [4.69, 9.17) is 0 Å². The summed E-state index contributed by atoms with van der Waals surface area (Å²) in [6, 6.07) is 9.12. The van der Waals surface area contributed by atoms with E-state index in [-0.39, 0.29) is 5.91 Å². The number of hydrogen-bond donors (Lipinski definition) is 1. The van der Waals surface area contributed by atoms with Gasteiger partial charge >= 0.3 is 0 Å². The zero-order chi connectivity index (χ0) is 13.7. The van der Waals surface area contributed by atoms with Crippen LogP contribution >= 0.6 is 15.9 Å². The number of halogens is 1. The largest absolute Gasteiger partial charge is 0.271 e.